The van der Waals surface area contributed by atoms with Crippen LogP contribution in [-0.4, -0.2) is 46.7 Å². The van der Waals surface area contributed by atoms with Gasteiger partial charge in [-0.15, -0.1) is 0 Å². The Labute approximate surface area is 95.1 Å². The molecule has 0 atom stereocenters. The normalized spacial score (nSPS) is 9.00. The Morgan fingerprint density at radius 2 is 1.75 bits per heavy atom. The summed E-state index contributed by atoms with van der Waals surface area (Å²) >= 11 is 0. The molecular formula is C8H12BNaO2. The molecule has 0 saturated heterocycles. The van der Waals surface area contributed by atoms with Gasteiger partial charge in [-0.3, -0.25) is 0 Å². The molecule has 4 heteroatoms. The first-order valence-corrected chi connectivity index (χ1v) is 3.55. The molecular weight excluding hydrogens is 162 g/mol. The van der Waals surface area contributed by atoms with Crippen LogP contribution in [-0.2, 0) is 0 Å². The number of benzene rings is 1. The van der Waals surface area contributed by atoms with Gasteiger partial charge in [-0.05, 0) is 30.4 Å². The Kier molecular flexibility index (Phi) is 5.13. The van der Waals surface area contributed by atoms with Gasteiger partial charge in [0.1, 0.15) is 0 Å². The maximum atomic E-state index is 8.88. The predicted molar refractivity (Wildman–Crippen MR) is 52.9 cm³/mol. The zero-order valence-corrected chi connectivity index (χ0v) is 6.70. The van der Waals surface area contributed by atoms with Crippen LogP contribution in [0, 0.1) is 13.8 Å². The van der Waals surface area contributed by atoms with E-state index in [1.54, 1.807) is 6.07 Å². The number of rotatable bonds is 1. The summed E-state index contributed by atoms with van der Waals surface area (Å²) in [4.78, 5) is 0. The van der Waals surface area contributed by atoms with Gasteiger partial charge in [0, 0.05) is 0 Å². The summed E-state index contributed by atoms with van der Waals surface area (Å²) in [6, 6.07) is 5.48. The summed E-state index contributed by atoms with van der Waals surface area (Å²) in [5.41, 5.74) is 2.61. The number of hydrogen-bond donors (Lipinski definition) is 2. The molecule has 2 nitrogen and oxygen atoms in total. The standard InChI is InChI=1S/C8H11BO2.Na.H/c1-6-4-3-5-8(7(6)2)9(10)11;;/h3-5,10-11H,1-2H3;;. The molecule has 0 heterocycles. The van der Waals surface area contributed by atoms with Crippen LogP contribution in [0.3, 0.4) is 0 Å². The third-order valence-corrected chi connectivity index (χ3v) is 1.92. The van der Waals surface area contributed by atoms with Gasteiger partial charge in [0.15, 0.2) is 0 Å². The minimum absolute atomic E-state index is 0. The van der Waals surface area contributed by atoms with Crippen molar-refractivity contribution in [1.82, 2.24) is 0 Å². The van der Waals surface area contributed by atoms with E-state index in [1.165, 1.54) is 0 Å². The molecule has 0 amide bonds. The van der Waals surface area contributed by atoms with Crippen molar-refractivity contribution < 1.29 is 10.0 Å². The fraction of sp³-hybridized carbons (Fsp3) is 0.250. The second kappa shape index (κ2) is 5.05. The van der Waals surface area contributed by atoms with Crippen LogP contribution in [0.15, 0.2) is 18.2 Å². The summed E-state index contributed by atoms with van der Waals surface area (Å²) in [7, 11) is -1.35. The van der Waals surface area contributed by atoms with Gasteiger partial charge < -0.3 is 10.0 Å². The molecule has 12 heavy (non-hydrogen) atoms. The third-order valence-electron chi connectivity index (χ3n) is 1.92. The van der Waals surface area contributed by atoms with E-state index in [0.29, 0.717) is 5.46 Å². The SMILES string of the molecule is Cc1cccc(B(O)O)c1C.[NaH]. The van der Waals surface area contributed by atoms with Crippen LogP contribution in [0.25, 0.3) is 0 Å². The molecule has 0 spiro atoms. The van der Waals surface area contributed by atoms with E-state index < -0.39 is 7.12 Å². The molecule has 0 aliphatic heterocycles. The molecule has 0 fully saturated rings. The van der Waals surface area contributed by atoms with Crippen molar-refractivity contribution >= 4 is 42.1 Å². The van der Waals surface area contributed by atoms with E-state index in [2.05, 4.69) is 0 Å². The van der Waals surface area contributed by atoms with Gasteiger partial charge >= 0.3 is 36.7 Å². The van der Waals surface area contributed by atoms with Crippen LogP contribution in [0.4, 0.5) is 0 Å². The summed E-state index contributed by atoms with van der Waals surface area (Å²) in [6.07, 6.45) is 0. The van der Waals surface area contributed by atoms with E-state index in [9.17, 15) is 0 Å². The second-order valence-corrected chi connectivity index (χ2v) is 2.66. The summed E-state index contributed by atoms with van der Waals surface area (Å²) in [6.45, 7) is 3.82. The molecule has 0 saturated carbocycles. The van der Waals surface area contributed by atoms with E-state index in [1.807, 2.05) is 26.0 Å². The van der Waals surface area contributed by atoms with Gasteiger partial charge in [-0.1, -0.05) is 18.2 Å². The summed E-state index contributed by atoms with van der Waals surface area (Å²) < 4.78 is 0. The molecule has 0 unspecified atom stereocenters. The Morgan fingerprint density at radius 3 is 2.17 bits per heavy atom. The zero-order chi connectivity index (χ0) is 8.43. The Morgan fingerprint density at radius 1 is 1.17 bits per heavy atom. The average Bonchev–Trinajstić information content (AvgIpc) is 1.94. The van der Waals surface area contributed by atoms with E-state index >= 15 is 0 Å². The van der Waals surface area contributed by atoms with Gasteiger partial charge in [-0.25, -0.2) is 0 Å². The van der Waals surface area contributed by atoms with Gasteiger partial charge in [0.2, 0.25) is 0 Å². The average molecular weight is 174 g/mol. The van der Waals surface area contributed by atoms with E-state index in [4.69, 9.17) is 10.0 Å². The first-order chi connectivity index (χ1) is 5.13. The van der Waals surface area contributed by atoms with Crippen molar-refractivity contribution in [1.29, 1.82) is 0 Å². The molecule has 0 aliphatic rings. The van der Waals surface area contributed by atoms with Crippen LogP contribution < -0.4 is 5.46 Å². The van der Waals surface area contributed by atoms with Crippen LogP contribution >= 0.6 is 0 Å². The Balaban J connectivity index is 0.00000121. The minimum atomic E-state index is -1.35. The fourth-order valence-corrected chi connectivity index (χ4v) is 1.05. The second-order valence-electron chi connectivity index (χ2n) is 2.66. The Hall–Kier alpha value is 0.205. The molecule has 1 rings (SSSR count). The molecule has 1 aromatic rings. The third kappa shape index (κ3) is 2.61. The van der Waals surface area contributed by atoms with Crippen LogP contribution in [0.5, 0.6) is 0 Å². The van der Waals surface area contributed by atoms with Gasteiger partial charge in [-0.2, -0.15) is 0 Å². The monoisotopic (exact) mass is 174 g/mol. The topological polar surface area (TPSA) is 40.5 Å². The Bertz CT molecular complexity index is 263. The number of hydrogen-bond acceptors (Lipinski definition) is 2. The number of aryl methyl sites for hydroxylation is 1. The predicted octanol–water partition coefficient (Wildman–Crippen LogP) is -0.665. The fourth-order valence-electron chi connectivity index (χ4n) is 1.05. The van der Waals surface area contributed by atoms with Crippen molar-refractivity contribution in [2.45, 2.75) is 13.8 Å². The van der Waals surface area contributed by atoms with Crippen molar-refractivity contribution in [3.63, 3.8) is 0 Å². The van der Waals surface area contributed by atoms with Crippen molar-refractivity contribution in [3.05, 3.63) is 29.3 Å². The first kappa shape index (κ1) is 12.2. The molecule has 0 radical (unpaired) electrons. The molecule has 0 bridgehead atoms. The molecule has 0 aliphatic carbocycles. The van der Waals surface area contributed by atoms with E-state index in [-0.39, 0.29) is 29.6 Å². The molecule has 2 N–H and O–H groups in total. The summed E-state index contributed by atoms with van der Waals surface area (Å²) in [5.74, 6) is 0. The maximum absolute atomic E-state index is 8.88. The molecule has 1 aromatic carbocycles. The van der Waals surface area contributed by atoms with E-state index in [0.717, 1.165) is 11.1 Å². The zero-order valence-electron chi connectivity index (χ0n) is 6.70. The van der Waals surface area contributed by atoms with Crippen molar-refractivity contribution in [2.24, 2.45) is 0 Å². The van der Waals surface area contributed by atoms with Crippen LogP contribution in [0.1, 0.15) is 11.1 Å². The molecule has 0 aromatic heterocycles. The van der Waals surface area contributed by atoms with Crippen LogP contribution in [0.2, 0.25) is 0 Å². The summed E-state index contributed by atoms with van der Waals surface area (Å²) in [5, 5.41) is 17.8. The van der Waals surface area contributed by atoms with Gasteiger partial charge in [0.25, 0.3) is 0 Å². The van der Waals surface area contributed by atoms with Crippen molar-refractivity contribution in [3.8, 4) is 0 Å². The quantitative estimate of drug-likeness (QED) is 0.554. The van der Waals surface area contributed by atoms with Gasteiger partial charge in [0.05, 0.1) is 0 Å². The molecule has 60 valence electrons. The van der Waals surface area contributed by atoms with Crippen molar-refractivity contribution in [2.75, 3.05) is 0 Å². The first-order valence-electron chi connectivity index (χ1n) is 3.55.